The Bertz CT molecular complexity index is 572. The molecule has 0 aliphatic rings. The van der Waals surface area contributed by atoms with Crippen LogP contribution in [0.1, 0.15) is 18.3 Å². The molecule has 5 nitrogen and oxygen atoms in total. The lowest BCUT2D eigenvalue weighted by atomic mass is 10.4. The summed E-state index contributed by atoms with van der Waals surface area (Å²) in [5, 5.41) is 3.94. The predicted molar refractivity (Wildman–Crippen MR) is 66.3 cm³/mol. The largest absolute Gasteiger partial charge is 0.332 e. The first-order valence-corrected chi connectivity index (χ1v) is 7.59. The van der Waals surface area contributed by atoms with Crippen molar-refractivity contribution in [3.8, 4) is 0 Å². The molecule has 2 aromatic heterocycles. The zero-order valence-electron chi connectivity index (χ0n) is 9.30. The summed E-state index contributed by atoms with van der Waals surface area (Å²) in [5.41, 5.74) is 0.953. The van der Waals surface area contributed by atoms with E-state index in [0.717, 1.165) is 5.56 Å². The molecule has 2 N–H and O–H groups in total. The third-order valence-electron chi connectivity index (χ3n) is 2.28. The molecule has 0 saturated carbocycles. The van der Waals surface area contributed by atoms with Crippen molar-refractivity contribution >= 4 is 21.4 Å². The van der Waals surface area contributed by atoms with Crippen molar-refractivity contribution < 1.29 is 8.42 Å². The molecule has 2 heterocycles. The second-order valence-electron chi connectivity index (χ2n) is 3.50. The highest BCUT2D eigenvalue weighted by Crippen LogP contribution is 2.09. The van der Waals surface area contributed by atoms with Gasteiger partial charge in [-0.05, 0) is 22.4 Å². The number of nitrogens with zero attached hydrogens (tertiary/aromatic N) is 1. The Labute approximate surface area is 104 Å². The fourth-order valence-electron chi connectivity index (χ4n) is 1.31. The number of thiophene rings is 1. The quantitative estimate of drug-likeness (QED) is 0.865. The van der Waals surface area contributed by atoms with Gasteiger partial charge in [0.15, 0.2) is 5.03 Å². The Morgan fingerprint density at radius 3 is 2.94 bits per heavy atom. The Hall–Kier alpha value is -1.18. The van der Waals surface area contributed by atoms with Gasteiger partial charge in [0.1, 0.15) is 5.82 Å². The molecule has 0 bridgehead atoms. The predicted octanol–water partition coefficient (Wildman–Crippen LogP) is 1.51. The molecule has 2 aromatic rings. The zero-order chi connectivity index (χ0) is 12.3. The van der Waals surface area contributed by atoms with Gasteiger partial charge >= 0.3 is 0 Å². The minimum Gasteiger partial charge on any atom is -0.332 e. The Kier molecular flexibility index (Phi) is 3.60. The molecule has 17 heavy (non-hydrogen) atoms. The van der Waals surface area contributed by atoms with Crippen LogP contribution < -0.4 is 4.72 Å². The average Bonchev–Trinajstić information content (AvgIpc) is 2.98. The maximum absolute atomic E-state index is 11.9. The number of aryl methyl sites for hydroxylation is 1. The standard InChI is InChI=1S/C10H13N3O2S2/c1-2-9-11-6-10(13-9)17(14,15)12-5-8-3-4-16-7-8/h3-4,6-7,12H,2,5H2,1H3,(H,11,13). The molecule has 0 fully saturated rings. The number of hydrogen-bond donors (Lipinski definition) is 2. The summed E-state index contributed by atoms with van der Waals surface area (Å²) in [7, 11) is -3.49. The zero-order valence-corrected chi connectivity index (χ0v) is 10.9. The number of H-pyrrole nitrogens is 1. The first-order valence-electron chi connectivity index (χ1n) is 5.16. The van der Waals surface area contributed by atoms with Crippen LogP contribution in [0.15, 0.2) is 28.0 Å². The van der Waals surface area contributed by atoms with Gasteiger partial charge in [0.25, 0.3) is 10.0 Å². The maximum atomic E-state index is 11.9. The van der Waals surface area contributed by atoms with Crippen molar-refractivity contribution in [1.82, 2.24) is 14.7 Å². The molecule has 0 aliphatic carbocycles. The van der Waals surface area contributed by atoms with Gasteiger partial charge in [-0.3, -0.25) is 0 Å². The van der Waals surface area contributed by atoms with Gasteiger partial charge in [-0.15, -0.1) is 0 Å². The minimum atomic E-state index is -3.49. The third kappa shape index (κ3) is 2.93. The molecule has 2 rings (SSSR count). The lowest BCUT2D eigenvalue weighted by Crippen LogP contribution is -2.23. The second kappa shape index (κ2) is 4.99. The van der Waals surface area contributed by atoms with E-state index < -0.39 is 10.0 Å². The summed E-state index contributed by atoms with van der Waals surface area (Å²) in [6, 6.07) is 1.89. The van der Waals surface area contributed by atoms with Crippen LogP contribution in [-0.2, 0) is 23.0 Å². The van der Waals surface area contributed by atoms with Crippen LogP contribution in [0.3, 0.4) is 0 Å². The van der Waals surface area contributed by atoms with Gasteiger partial charge < -0.3 is 4.98 Å². The molecular weight excluding hydrogens is 258 g/mol. The van der Waals surface area contributed by atoms with Crippen molar-refractivity contribution in [3.63, 3.8) is 0 Å². The van der Waals surface area contributed by atoms with Gasteiger partial charge in [0.2, 0.25) is 0 Å². The van der Waals surface area contributed by atoms with Crippen LogP contribution in [0.4, 0.5) is 0 Å². The molecule has 0 atom stereocenters. The topological polar surface area (TPSA) is 74.8 Å². The molecule has 92 valence electrons. The molecule has 0 saturated heterocycles. The summed E-state index contributed by atoms with van der Waals surface area (Å²) in [5.74, 6) is 0.668. The number of imidazole rings is 1. The van der Waals surface area contributed by atoms with Crippen molar-refractivity contribution in [2.45, 2.75) is 24.9 Å². The van der Waals surface area contributed by atoms with E-state index in [9.17, 15) is 8.42 Å². The Morgan fingerprint density at radius 1 is 1.53 bits per heavy atom. The number of aromatic amines is 1. The molecule has 0 unspecified atom stereocenters. The molecule has 0 radical (unpaired) electrons. The van der Waals surface area contributed by atoms with E-state index in [0.29, 0.717) is 18.8 Å². The van der Waals surface area contributed by atoms with Crippen LogP contribution in [0.25, 0.3) is 0 Å². The Balaban J connectivity index is 2.08. The van der Waals surface area contributed by atoms with Crippen LogP contribution in [0.2, 0.25) is 0 Å². The summed E-state index contributed by atoms with van der Waals surface area (Å²) >= 11 is 1.54. The fourth-order valence-corrected chi connectivity index (χ4v) is 2.93. The van der Waals surface area contributed by atoms with Gasteiger partial charge in [-0.2, -0.15) is 11.3 Å². The van der Waals surface area contributed by atoms with Crippen molar-refractivity contribution in [3.05, 3.63) is 34.4 Å². The highest BCUT2D eigenvalue weighted by molar-refractivity contribution is 7.89. The molecule has 0 spiro atoms. The first kappa shape index (κ1) is 12.3. The average molecular weight is 271 g/mol. The SMILES string of the molecule is CCc1ncc(S(=O)(=O)NCc2ccsc2)[nH]1. The lowest BCUT2D eigenvalue weighted by Gasteiger charge is -2.02. The molecule has 0 aliphatic heterocycles. The van der Waals surface area contributed by atoms with Crippen LogP contribution in [0.5, 0.6) is 0 Å². The number of aromatic nitrogens is 2. The summed E-state index contributed by atoms with van der Waals surface area (Å²) in [4.78, 5) is 6.75. The molecule has 7 heteroatoms. The minimum absolute atomic E-state index is 0.115. The van der Waals surface area contributed by atoms with Crippen molar-refractivity contribution in [1.29, 1.82) is 0 Å². The van der Waals surface area contributed by atoms with Crippen molar-refractivity contribution in [2.24, 2.45) is 0 Å². The molecular formula is C10H13N3O2S2. The van der Waals surface area contributed by atoms with Crippen LogP contribution >= 0.6 is 11.3 Å². The van der Waals surface area contributed by atoms with E-state index in [-0.39, 0.29) is 5.03 Å². The monoisotopic (exact) mass is 271 g/mol. The maximum Gasteiger partial charge on any atom is 0.257 e. The van der Waals surface area contributed by atoms with Crippen molar-refractivity contribution in [2.75, 3.05) is 0 Å². The molecule has 0 aromatic carbocycles. The van der Waals surface area contributed by atoms with Gasteiger partial charge in [-0.25, -0.2) is 18.1 Å². The van der Waals surface area contributed by atoms with E-state index in [4.69, 9.17) is 0 Å². The Morgan fingerprint density at radius 2 is 2.35 bits per heavy atom. The highest BCUT2D eigenvalue weighted by atomic mass is 32.2. The number of hydrogen-bond acceptors (Lipinski definition) is 4. The number of sulfonamides is 1. The summed E-state index contributed by atoms with van der Waals surface area (Å²) in [6.07, 6.45) is 2.02. The van der Waals surface area contributed by atoms with Crippen LogP contribution in [0, 0.1) is 0 Å². The van der Waals surface area contributed by atoms with E-state index in [2.05, 4.69) is 14.7 Å². The summed E-state index contributed by atoms with van der Waals surface area (Å²) < 4.78 is 26.3. The number of nitrogens with one attached hydrogen (secondary N) is 2. The number of rotatable bonds is 5. The second-order valence-corrected chi connectivity index (χ2v) is 6.02. The highest BCUT2D eigenvalue weighted by Gasteiger charge is 2.16. The first-order chi connectivity index (χ1) is 8.12. The van der Waals surface area contributed by atoms with Crippen LogP contribution in [-0.4, -0.2) is 18.4 Å². The molecule has 0 amide bonds. The lowest BCUT2D eigenvalue weighted by molar-refractivity contribution is 0.578. The van der Waals surface area contributed by atoms with Gasteiger partial charge in [-0.1, -0.05) is 6.92 Å². The van der Waals surface area contributed by atoms with E-state index in [1.54, 1.807) is 0 Å². The third-order valence-corrected chi connectivity index (χ3v) is 4.32. The normalized spacial score (nSPS) is 11.8. The van der Waals surface area contributed by atoms with E-state index >= 15 is 0 Å². The van der Waals surface area contributed by atoms with Gasteiger partial charge in [0.05, 0.1) is 6.20 Å². The summed E-state index contributed by atoms with van der Waals surface area (Å²) in [6.45, 7) is 2.21. The smallest absolute Gasteiger partial charge is 0.257 e. The van der Waals surface area contributed by atoms with E-state index in [1.807, 2.05) is 23.8 Å². The fraction of sp³-hybridized carbons (Fsp3) is 0.300. The van der Waals surface area contributed by atoms with E-state index in [1.165, 1.54) is 17.5 Å². The van der Waals surface area contributed by atoms with Gasteiger partial charge in [0, 0.05) is 13.0 Å².